The number of benzene rings is 1. The molecule has 0 aliphatic carbocycles. The van der Waals surface area contributed by atoms with E-state index in [1.54, 1.807) is 4.90 Å². The van der Waals surface area contributed by atoms with Crippen molar-refractivity contribution < 1.29 is 13.2 Å². The maximum absolute atomic E-state index is 13.8. The second-order valence-corrected chi connectivity index (χ2v) is 5.11. The third-order valence-corrected chi connectivity index (χ3v) is 3.83. The molecule has 1 N–H and O–H groups in total. The second kappa shape index (κ2) is 5.82. The molecule has 0 amide bonds. The van der Waals surface area contributed by atoms with Crippen LogP contribution in [0.15, 0.2) is 12.1 Å². The highest BCUT2D eigenvalue weighted by Gasteiger charge is 2.27. The van der Waals surface area contributed by atoms with Crippen LogP contribution >= 0.6 is 0 Å². The topological polar surface area (TPSA) is 15.3 Å². The van der Waals surface area contributed by atoms with E-state index in [0.717, 1.165) is 18.6 Å². The van der Waals surface area contributed by atoms with Gasteiger partial charge in [-0.3, -0.25) is 0 Å². The molecule has 1 aromatic carbocycles. The summed E-state index contributed by atoms with van der Waals surface area (Å²) in [7, 11) is 0. The van der Waals surface area contributed by atoms with Crippen molar-refractivity contribution in [2.45, 2.75) is 26.3 Å². The molecule has 1 fully saturated rings. The van der Waals surface area contributed by atoms with E-state index in [2.05, 4.69) is 19.2 Å². The molecule has 106 valence electrons. The standard InChI is InChI=1S/C14H19F3N2/c1-3-9(2)13-8-19(5-4-18-13)14-11(16)6-10(15)7-12(14)17/h6-7,9,13,18H,3-5,8H2,1-2H3. The van der Waals surface area contributed by atoms with E-state index < -0.39 is 17.5 Å². The van der Waals surface area contributed by atoms with Crippen molar-refractivity contribution in [1.82, 2.24) is 5.32 Å². The zero-order valence-electron chi connectivity index (χ0n) is 11.2. The Labute approximate surface area is 111 Å². The SMILES string of the molecule is CCC(C)C1CN(c2c(F)cc(F)cc2F)CCN1. The number of nitrogens with zero attached hydrogens (tertiary/aromatic N) is 1. The van der Waals surface area contributed by atoms with Gasteiger partial charge in [0.05, 0.1) is 0 Å². The zero-order chi connectivity index (χ0) is 14.0. The lowest BCUT2D eigenvalue weighted by Gasteiger charge is -2.38. The minimum absolute atomic E-state index is 0.115. The van der Waals surface area contributed by atoms with Crippen molar-refractivity contribution in [3.8, 4) is 0 Å². The number of anilines is 1. The Morgan fingerprint density at radius 1 is 1.32 bits per heavy atom. The minimum atomic E-state index is -0.882. The molecule has 0 spiro atoms. The van der Waals surface area contributed by atoms with Gasteiger partial charge in [0.15, 0.2) is 11.6 Å². The van der Waals surface area contributed by atoms with Crippen molar-refractivity contribution in [2.24, 2.45) is 5.92 Å². The van der Waals surface area contributed by atoms with E-state index in [1.165, 1.54) is 0 Å². The van der Waals surface area contributed by atoms with E-state index in [-0.39, 0.29) is 11.7 Å². The maximum atomic E-state index is 13.8. The monoisotopic (exact) mass is 272 g/mol. The average molecular weight is 272 g/mol. The second-order valence-electron chi connectivity index (χ2n) is 5.11. The van der Waals surface area contributed by atoms with Crippen molar-refractivity contribution in [3.63, 3.8) is 0 Å². The van der Waals surface area contributed by atoms with Crippen LogP contribution in [0.25, 0.3) is 0 Å². The van der Waals surface area contributed by atoms with E-state index in [9.17, 15) is 13.2 Å². The summed E-state index contributed by atoms with van der Waals surface area (Å²) >= 11 is 0. The van der Waals surface area contributed by atoms with Crippen molar-refractivity contribution in [3.05, 3.63) is 29.6 Å². The molecule has 19 heavy (non-hydrogen) atoms. The molecular weight excluding hydrogens is 253 g/mol. The van der Waals surface area contributed by atoms with E-state index in [0.29, 0.717) is 25.6 Å². The van der Waals surface area contributed by atoms with Crippen molar-refractivity contribution >= 4 is 5.69 Å². The van der Waals surface area contributed by atoms with Gasteiger partial charge in [0, 0.05) is 37.8 Å². The Morgan fingerprint density at radius 3 is 2.53 bits per heavy atom. The van der Waals surface area contributed by atoms with Gasteiger partial charge in [-0.2, -0.15) is 0 Å². The molecule has 2 rings (SSSR count). The van der Waals surface area contributed by atoms with Gasteiger partial charge in [0.1, 0.15) is 11.5 Å². The minimum Gasteiger partial charge on any atom is -0.364 e. The summed E-state index contributed by atoms with van der Waals surface area (Å²) in [5.41, 5.74) is -0.115. The van der Waals surface area contributed by atoms with Gasteiger partial charge in [-0.15, -0.1) is 0 Å². The predicted molar refractivity (Wildman–Crippen MR) is 69.8 cm³/mol. The molecule has 1 heterocycles. The largest absolute Gasteiger partial charge is 0.364 e. The lowest BCUT2D eigenvalue weighted by atomic mass is 9.97. The van der Waals surface area contributed by atoms with Crippen LogP contribution < -0.4 is 10.2 Å². The molecule has 1 saturated heterocycles. The van der Waals surface area contributed by atoms with Crippen LogP contribution in [-0.2, 0) is 0 Å². The number of nitrogens with one attached hydrogen (secondary N) is 1. The Kier molecular flexibility index (Phi) is 4.34. The van der Waals surface area contributed by atoms with Crippen LogP contribution in [0.5, 0.6) is 0 Å². The van der Waals surface area contributed by atoms with Gasteiger partial charge >= 0.3 is 0 Å². The van der Waals surface area contributed by atoms with E-state index >= 15 is 0 Å². The summed E-state index contributed by atoms with van der Waals surface area (Å²) in [6.45, 7) is 5.93. The molecule has 1 aliphatic rings. The van der Waals surface area contributed by atoms with Gasteiger partial charge in [0.2, 0.25) is 0 Å². The quantitative estimate of drug-likeness (QED) is 0.910. The summed E-state index contributed by atoms with van der Waals surface area (Å²) in [4.78, 5) is 1.66. The van der Waals surface area contributed by atoms with Crippen LogP contribution in [0.3, 0.4) is 0 Å². The molecule has 0 aromatic heterocycles. The Bertz CT molecular complexity index is 427. The molecule has 0 saturated carbocycles. The molecular formula is C14H19F3N2. The number of halogens is 3. The molecule has 2 unspecified atom stereocenters. The highest BCUT2D eigenvalue weighted by molar-refractivity contribution is 5.50. The summed E-state index contributed by atoms with van der Waals surface area (Å²) in [5, 5.41) is 3.36. The highest BCUT2D eigenvalue weighted by Crippen LogP contribution is 2.26. The molecule has 1 aliphatic heterocycles. The van der Waals surface area contributed by atoms with Gasteiger partial charge in [-0.25, -0.2) is 13.2 Å². The molecule has 2 atom stereocenters. The number of hydrogen-bond donors (Lipinski definition) is 1. The normalized spacial score (nSPS) is 21.5. The Morgan fingerprint density at radius 2 is 1.95 bits per heavy atom. The van der Waals surface area contributed by atoms with Crippen LogP contribution in [0.2, 0.25) is 0 Å². The highest BCUT2D eigenvalue weighted by atomic mass is 19.1. The first-order valence-corrected chi connectivity index (χ1v) is 6.65. The predicted octanol–water partition coefficient (Wildman–Crippen LogP) is 2.93. The Hall–Kier alpha value is -1.23. The lowest BCUT2D eigenvalue weighted by molar-refractivity contribution is 0.338. The van der Waals surface area contributed by atoms with Gasteiger partial charge in [0.25, 0.3) is 0 Å². The third kappa shape index (κ3) is 3.03. The first-order valence-electron chi connectivity index (χ1n) is 6.65. The van der Waals surface area contributed by atoms with E-state index in [1.807, 2.05) is 0 Å². The fourth-order valence-electron chi connectivity index (χ4n) is 2.48. The number of piperazine rings is 1. The van der Waals surface area contributed by atoms with Gasteiger partial charge in [-0.1, -0.05) is 20.3 Å². The maximum Gasteiger partial charge on any atom is 0.152 e. The molecule has 2 nitrogen and oxygen atoms in total. The van der Waals surface area contributed by atoms with Gasteiger partial charge < -0.3 is 10.2 Å². The fraction of sp³-hybridized carbons (Fsp3) is 0.571. The van der Waals surface area contributed by atoms with Crippen molar-refractivity contribution in [1.29, 1.82) is 0 Å². The third-order valence-electron chi connectivity index (χ3n) is 3.83. The first kappa shape index (κ1) is 14.2. The average Bonchev–Trinajstić information content (AvgIpc) is 2.37. The number of rotatable bonds is 3. The van der Waals surface area contributed by atoms with Crippen molar-refractivity contribution in [2.75, 3.05) is 24.5 Å². The summed E-state index contributed by atoms with van der Waals surface area (Å²) in [5.74, 6) is -2.12. The summed E-state index contributed by atoms with van der Waals surface area (Å²) < 4.78 is 40.5. The van der Waals surface area contributed by atoms with Crippen LogP contribution in [0.4, 0.5) is 18.9 Å². The molecule has 1 aromatic rings. The number of hydrogen-bond acceptors (Lipinski definition) is 2. The summed E-state index contributed by atoms with van der Waals surface area (Å²) in [6, 6.07) is 1.67. The molecule has 5 heteroatoms. The van der Waals surface area contributed by atoms with Crippen LogP contribution in [-0.4, -0.2) is 25.7 Å². The smallest absolute Gasteiger partial charge is 0.152 e. The van der Waals surface area contributed by atoms with E-state index in [4.69, 9.17) is 0 Å². The lowest BCUT2D eigenvalue weighted by Crippen LogP contribution is -2.53. The van der Waals surface area contributed by atoms with Crippen LogP contribution in [0.1, 0.15) is 20.3 Å². The fourth-order valence-corrected chi connectivity index (χ4v) is 2.48. The summed E-state index contributed by atoms with van der Waals surface area (Å²) in [6.07, 6.45) is 1.000. The molecule has 0 bridgehead atoms. The molecule has 0 radical (unpaired) electrons. The zero-order valence-corrected chi connectivity index (χ0v) is 11.2. The Balaban J connectivity index is 2.22. The first-order chi connectivity index (χ1) is 9.02. The van der Waals surface area contributed by atoms with Crippen LogP contribution in [0, 0.1) is 23.4 Å². The van der Waals surface area contributed by atoms with Gasteiger partial charge in [-0.05, 0) is 5.92 Å².